The Hall–Kier alpha value is -3.81. The Morgan fingerprint density at radius 3 is 2.36 bits per heavy atom. The molecule has 6 aliphatic rings. The molecule has 5 aliphatic carbocycles. The molecule has 6 fully saturated rings. The van der Waals surface area contributed by atoms with Crippen LogP contribution in [0.5, 0.6) is 0 Å². The first-order valence-corrected chi connectivity index (χ1v) is 16.3. The number of rotatable bonds is 9. The number of hydrogen-bond acceptors (Lipinski definition) is 7. The summed E-state index contributed by atoms with van der Waals surface area (Å²) >= 11 is 0. The number of nitrogens with zero attached hydrogens (tertiary/aromatic N) is 5. The molecule has 47 heavy (non-hydrogen) atoms. The van der Waals surface area contributed by atoms with Crippen LogP contribution in [-0.4, -0.2) is 65.6 Å². The highest BCUT2D eigenvalue weighted by Gasteiger charge is 2.74. The fourth-order valence-electron chi connectivity index (χ4n) is 8.22. The van der Waals surface area contributed by atoms with E-state index in [4.69, 9.17) is 9.72 Å². The monoisotopic (exact) mass is 656 g/mol. The first-order chi connectivity index (χ1) is 22.4. The van der Waals surface area contributed by atoms with Gasteiger partial charge in [-0.3, -0.25) is 4.79 Å². The Kier molecular flexibility index (Phi) is 6.88. The number of aliphatic hydroxyl groups is 1. The molecule has 1 aliphatic heterocycles. The number of benzene rings is 1. The molecule has 3 heterocycles. The van der Waals surface area contributed by atoms with Gasteiger partial charge in [0.05, 0.1) is 41.3 Å². The summed E-state index contributed by atoms with van der Waals surface area (Å²) in [6.45, 7) is -0.252. The molecule has 2 aromatic heterocycles. The molecule has 2 bridgehead atoms. The predicted octanol–water partition coefficient (Wildman–Crippen LogP) is 5.38. The van der Waals surface area contributed by atoms with Gasteiger partial charge in [0.1, 0.15) is 12.3 Å². The summed E-state index contributed by atoms with van der Waals surface area (Å²) in [5.41, 5.74) is -3.89. The topological polar surface area (TPSA) is 122 Å². The highest BCUT2D eigenvalue weighted by molar-refractivity contribution is 5.87. The number of fused-ring (bicyclic) bond motifs is 1. The van der Waals surface area contributed by atoms with Gasteiger partial charge in [-0.25, -0.2) is 23.7 Å². The second-order valence-electron chi connectivity index (χ2n) is 14.5. The van der Waals surface area contributed by atoms with E-state index in [1.165, 1.54) is 15.6 Å². The van der Waals surface area contributed by atoms with Crippen molar-refractivity contribution in [1.82, 2.24) is 29.8 Å². The fourth-order valence-corrected chi connectivity index (χ4v) is 8.22. The van der Waals surface area contributed by atoms with E-state index in [0.29, 0.717) is 17.5 Å². The van der Waals surface area contributed by atoms with Crippen molar-refractivity contribution >= 4 is 17.8 Å². The van der Waals surface area contributed by atoms with Crippen LogP contribution < -0.4 is 5.32 Å². The molecule has 3 atom stereocenters. The van der Waals surface area contributed by atoms with Gasteiger partial charge in [0.15, 0.2) is 5.60 Å². The van der Waals surface area contributed by atoms with E-state index >= 15 is 0 Å². The molecule has 2 amide bonds. The Bertz CT molecular complexity index is 1680. The SMILES string of the molecule is O=C(N[C@H](c1cn2ncc(C3CC(O)(C(F)(F)F)CCN3C(=O)C34CC(F)(C3)C4)nc2n1)C(C1CC1)C1CC1)OCc1ccccc1. The summed E-state index contributed by atoms with van der Waals surface area (Å²) in [5.74, 6) is 0.653. The van der Waals surface area contributed by atoms with Crippen LogP contribution in [-0.2, 0) is 16.1 Å². The van der Waals surface area contributed by atoms with Crippen LogP contribution in [0.25, 0.3) is 5.78 Å². The van der Waals surface area contributed by atoms with E-state index in [2.05, 4.69) is 15.4 Å². The summed E-state index contributed by atoms with van der Waals surface area (Å²) in [5, 5.41) is 18.1. The van der Waals surface area contributed by atoms with Gasteiger partial charge in [-0.05, 0) is 68.3 Å². The molecule has 1 aromatic carbocycles. The summed E-state index contributed by atoms with van der Waals surface area (Å²) in [6.07, 6.45) is 0.303. The van der Waals surface area contributed by atoms with Crippen LogP contribution in [0.4, 0.5) is 22.4 Å². The number of nitrogens with one attached hydrogen (secondary N) is 1. The highest BCUT2D eigenvalue weighted by atomic mass is 19.4. The summed E-state index contributed by atoms with van der Waals surface area (Å²) in [6, 6.07) is 7.60. The average Bonchev–Trinajstić information content (AvgIpc) is 3.96. The Balaban J connectivity index is 1.09. The summed E-state index contributed by atoms with van der Waals surface area (Å²) in [4.78, 5) is 37.3. The first kappa shape index (κ1) is 30.5. The van der Waals surface area contributed by atoms with Gasteiger partial charge < -0.3 is 20.1 Å². The normalized spacial score (nSPS) is 30.9. The minimum absolute atomic E-state index is 0.0552. The number of aromatic nitrogens is 4. The highest BCUT2D eigenvalue weighted by Crippen LogP contribution is 2.70. The van der Waals surface area contributed by atoms with E-state index in [0.717, 1.165) is 31.2 Å². The van der Waals surface area contributed by atoms with E-state index in [-0.39, 0.29) is 49.8 Å². The number of amides is 2. The lowest BCUT2D eigenvalue weighted by molar-refractivity contribution is -0.280. The zero-order valence-electron chi connectivity index (χ0n) is 25.6. The van der Waals surface area contributed by atoms with Crippen molar-refractivity contribution in [3.63, 3.8) is 0 Å². The van der Waals surface area contributed by atoms with Gasteiger partial charge >= 0.3 is 12.3 Å². The fraction of sp³-hybridized carbons (Fsp3) is 0.606. The molecule has 5 saturated carbocycles. The Morgan fingerprint density at radius 2 is 1.74 bits per heavy atom. The predicted molar refractivity (Wildman–Crippen MR) is 157 cm³/mol. The van der Waals surface area contributed by atoms with Crippen molar-refractivity contribution in [2.24, 2.45) is 23.2 Å². The zero-order valence-corrected chi connectivity index (χ0v) is 25.6. The van der Waals surface area contributed by atoms with Crippen molar-refractivity contribution in [3.8, 4) is 0 Å². The first-order valence-electron chi connectivity index (χ1n) is 16.3. The van der Waals surface area contributed by atoms with Crippen LogP contribution in [0.1, 0.15) is 86.8 Å². The third kappa shape index (κ3) is 5.41. The number of alkyl carbamates (subject to hydrolysis) is 1. The van der Waals surface area contributed by atoms with Crippen LogP contribution in [0, 0.1) is 23.2 Å². The number of imidazole rings is 1. The molecule has 10 nitrogen and oxygen atoms in total. The number of carbonyl (C=O) groups is 2. The van der Waals surface area contributed by atoms with Gasteiger partial charge in [-0.1, -0.05) is 30.3 Å². The number of alkyl halides is 4. The second kappa shape index (κ2) is 10.6. The molecule has 0 spiro atoms. The van der Waals surface area contributed by atoms with Gasteiger partial charge in [0.25, 0.3) is 5.78 Å². The van der Waals surface area contributed by atoms with Crippen LogP contribution in [0.3, 0.4) is 0 Å². The number of likely N-dealkylation sites (tertiary alicyclic amines) is 1. The molecular weight excluding hydrogens is 620 g/mol. The molecule has 0 radical (unpaired) electrons. The smallest absolute Gasteiger partial charge is 0.417 e. The van der Waals surface area contributed by atoms with Crippen molar-refractivity contribution in [1.29, 1.82) is 0 Å². The molecule has 1 saturated heterocycles. The van der Waals surface area contributed by atoms with E-state index in [1.807, 2.05) is 30.3 Å². The van der Waals surface area contributed by atoms with Gasteiger partial charge in [-0.2, -0.15) is 18.3 Å². The van der Waals surface area contributed by atoms with Crippen LogP contribution in [0.15, 0.2) is 42.7 Å². The lowest BCUT2D eigenvalue weighted by Gasteiger charge is -2.65. The molecule has 9 rings (SSSR count). The molecule has 2 unspecified atom stereocenters. The van der Waals surface area contributed by atoms with E-state index in [1.54, 1.807) is 6.20 Å². The standard InChI is InChI=1S/C33H36F4N6O4/c34-31-16-30(17-31,18-31)27(44)42-11-10-32(46,33(35,36)37)12-24(42)22-13-38-43-14-23(40-28(43)39-22)26(25(20-6-7-20)21-8-9-21)41-29(45)47-15-19-4-2-1-3-5-19/h1-5,13-14,20-21,24-26,46H,6-12,15-18H2,(H,41,45)/t24?,26-,30?,31?,32?/m1/s1. The maximum absolute atomic E-state index is 14.3. The molecule has 14 heteroatoms. The zero-order chi connectivity index (χ0) is 32.8. The van der Waals surface area contributed by atoms with Crippen molar-refractivity contribution in [2.75, 3.05) is 6.54 Å². The maximum Gasteiger partial charge on any atom is 0.417 e. The van der Waals surface area contributed by atoms with E-state index in [9.17, 15) is 32.3 Å². The van der Waals surface area contributed by atoms with Crippen LogP contribution in [0.2, 0.25) is 0 Å². The second-order valence-corrected chi connectivity index (χ2v) is 14.5. The minimum atomic E-state index is -4.92. The minimum Gasteiger partial charge on any atom is -0.445 e. The summed E-state index contributed by atoms with van der Waals surface area (Å²) < 4.78 is 63.4. The third-order valence-corrected chi connectivity index (χ3v) is 11.0. The quantitative estimate of drug-likeness (QED) is 0.297. The lowest BCUT2D eigenvalue weighted by Crippen LogP contribution is -2.71. The number of ether oxygens (including phenoxy) is 1. The Morgan fingerprint density at radius 1 is 1.06 bits per heavy atom. The number of hydrogen-bond donors (Lipinski definition) is 2. The van der Waals surface area contributed by atoms with Gasteiger partial charge in [0, 0.05) is 19.4 Å². The molecular formula is C33H36F4N6O4. The lowest BCUT2D eigenvalue weighted by atomic mass is 9.41. The van der Waals surface area contributed by atoms with E-state index < -0.39 is 59.8 Å². The van der Waals surface area contributed by atoms with Crippen molar-refractivity contribution in [2.45, 2.75) is 93.9 Å². The molecule has 250 valence electrons. The number of halogens is 4. The van der Waals surface area contributed by atoms with Crippen LogP contribution >= 0.6 is 0 Å². The summed E-state index contributed by atoms with van der Waals surface area (Å²) in [7, 11) is 0. The maximum atomic E-state index is 14.3. The number of carbonyl (C=O) groups excluding carboxylic acids is 2. The van der Waals surface area contributed by atoms with Crippen molar-refractivity contribution < 1.29 is 37.0 Å². The number of piperidine rings is 1. The average molecular weight is 657 g/mol. The van der Waals surface area contributed by atoms with Crippen molar-refractivity contribution in [3.05, 3.63) is 59.7 Å². The molecule has 3 aromatic rings. The largest absolute Gasteiger partial charge is 0.445 e. The third-order valence-electron chi connectivity index (χ3n) is 11.0. The molecule has 2 N–H and O–H groups in total. The Labute approximate surface area is 267 Å². The van der Waals surface area contributed by atoms with Gasteiger partial charge in [0.2, 0.25) is 5.91 Å². The van der Waals surface area contributed by atoms with Gasteiger partial charge in [-0.15, -0.1) is 0 Å².